The van der Waals surface area contributed by atoms with Gasteiger partial charge in [-0.3, -0.25) is 0 Å². The maximum Gasteiger partial charge on any atom is 0.108 e. The molecule has 15 heavy (non-hydrogen) atoms. The molecule has 0 aliphatic carbocycles. The smallest absolute Gasteiger partial charge is 0.108 e. The summed E-state index contributed by atoms with van der Waals surface area (Å²) in [5.74, 6) is 3.01. The van der Waals surface area contributed by atoms with Crippen LogP contribution in [0.2, 0.25) is 0 Å². The second kappa shape index (κ2) is 4.38. The minimum atomic E-state index is 0.860. The molecule has 0 N–H and O–H groups in total. The Kier molecular flexibility index (Phi) is 3.13. The maximum atomic E-state index is 4.50. The fraction of sp³-hybridized carbons (Fsp3) is 0.769. The van der Waals surface area contributed by atoms with Gasteiger partial charge in [0.2, 0.25) is 0 Å². The van der Waals surface area contributed by atoms with Crippen LogP contribution in [0.4, 0.5) is 0 Å². The van der Waals surface area contributed by atoms with Gasteiger partial charge in [0.1, 0.15) is 5.82 Å². The van der Waals surface area contributed by atoms with Crippen molar-refractivity contribution < 1.29 is 0 Å². The number of fused-ring (bicyclic) bond motifs is 1. The average molecular weight is 206 g/mol. The molecule has 1 aliphatic rings. The molecular weight excluding hydrogens is 184 g/mol. The number of aryl methyl sites for hydroxylation is 1. The van der Waals surface area contributed by atoms with Crippen LogP contribution < -0.4 is 0 Å². The van der Waals surface area contributed by atoms with E-state index in [4.69, 9.17) is 0 Å². The zero-order valence-electron chi connectivity index (χ0n) is 10.2. The lowest BCUT2D eigenvalue weighted by molar-refractivity contribution is 0.277. The van der Waals surface area contributed by atoms with E-state index in [0.717, 1.165) is 18.3 Å². The van der Waals surface area contributed by atoms with E-state index >= 15 is 0 Å². The number of hydrogen-bond acceptors (Lipinski definition) is 1. The summed E-state index contributed by atoms with van der Waals surface area (Å²) in [6.07, 6.45) is 7.04. The Morgan fingerprint density at radius 3 is 3.00 bits per heavy atom. The summed E-state index contributed by atoms with van der Waals surface area (Å²) >= 11 is 0. The molecule has 2 nitrogen and oxygen atoms in total. The van der Waals surface area contributed by atoms with Crippen molar-refractivity contribution in [1.82, 2.24) is 9.55 Å². The first-order valence-electron chi connectivity index (χ1n) is 6.29. The highest BCUT2D eigenvalue weighted by Gasteiger charge is 2.23. The highest BCUT2D eigenvalue weighted by atomic mass is 15.1. The van der Waals surface area contributed by atoms with Crippen molar-refractivity contribution in [2.45, 2.75) is 53.0 Å². The maximum absolute atomic E-state index is 4.50. The first kappa shape index (κ1) is 10.7. The average Bonchev–Trinajstić information content (AvgIpc) is 2.69. The third-order valence-electron chi connectivity index (χ3n) is 3.98. The largest absolute Gasteiger partial charge is 0.332 e. The van der Waals surface area contributed by atoms with Gasteiger partial charge in [0, 0.05) is 24.9 Å². The van der Waals surface area contributed by atoms with Crippen molar-refractivity contribution in [1.29, 1.82) is 0 Å². The van der Waals surface area contributed by atoms with Gasteiger partial charge in [0.25, 0.3) is 0 Å². The molecular formula is C13H22N2. The predicted octanol–water partition coefficient (Wildman–Crippen LogP) is 3.05. The number of hydrogen-bond donors (Lipinski definition) is 0. The summed E-state index contributed by atoms with van der Waals surface area (Å²) in [5, 5.41) is 0. The van der Waals surface area contributed by atoms with Gasteiger partial charge in [-0.15, -0.1) is 0 Å². The van der Waals surface area contributed by atoms with Gasteiger partial charge in [0.15, 0.2) is 0 Å². The van der Waals surface area contributed by atoms with Crippen LogP contribution in [0.3, 0.4) is 0 Å². The summed E-state index contributed by atoms with van der Waals surface area (Å²) in [6.45, 7) is 8.06. The van der Waals surface area contributed by atoms with Gasteiger partial charge < -0.3 is 4.57 Å². The molecule has 0 fully saturated rings. The van der Waals surface area contributed by atoms with Gasteiger partial charge in [-0.1, -0.05) is 27.2 Å². The fourth-order valence-corrected chi connectivity index (χ4v) is 2.66. The lowest BCUT2D eigenvalue weighted by Crippen LogP contribution is -2.24. The highest BCUT2D eigenvalue weighted by Crippen LogP contribution is 2.29. The molecule has 0 saturated heterocycles. The predicted molar refractivity (Wildman–Crippen MR) is 62.9 cm³/mol. The molecule has 0 amide bonds. The third kappa shape index (κ3) is 1.95. The van der Waals surface area contributed by atoms with Crippen molar-refractivity contribution in [3.05, 3.63) is 17.7 Å². The van der Waals surface area contributed by atoms with Crippen molar-refractivity contribution in [3.8, 4) is 0 Å². The summed E-state index contributed by atoms with van der Waals surface area (Å²) in [4.78, 5) is 4.50. The Morgan fingerprint density at radius 2 is 2.33 bits per heavy atom. The Morgan fingerprint density at radius 1 is 1.53 bits per heavy atom. The van der Waals surface area contributed by atoms with Crippen LogP contribution in [-0.2, 0) is 19.4 Å². The molecule has 84 valence electrons. The first-order chi connectivity index (χ1) is 7.26. The first-order valence-corrected chi connectivity index (χ1v) is 6.29. The highest BCUT2D eigenvalue weighted by molar-refractivity contribution is 5.09. The van der Waals surface area contributed by atoms with Crippen molar-refractivity contribution in [3.63, 3.8) is 0 Å². The van der Waals surface area contributed by atoms with Gasteiger partial charge in [-0.25, -0.2) is 4.98 Å². The summed E-state index contributed by atoms with van der Waals surface area (Å²) < 4.78 is 2.43. The summed E-state index contributed by atoms with van der Waals surface area (Å²) in [5.41, 5.74) is 1.46. The topological polar surface area (TPSA) is 17.8 Å². The molecule has 2 unspecified atom stereocenters. The number of imidazole rings is 1. The third-order valence-corrected chi connectivity index (χ3v) is 3.98. The lowest BCUT2D eigenvalue weighted by Gasteiger charge is -2.28. The number of aromatic nitrogens is 2. The van der Waals surface area contributed by atoms with E-state index in [0.29, 0.717) is 0 Å². The molecule has 0 radical (unpaired) electrons. The van der Waals surface area contributed by atoms with E-state index in [1.54, 1.807) is 0 Å². The number of rotatable bonds is 3. The standard InChI is InChI=1S/C13H22N2/c1-4-10(3)11-6-7-15-12(8-11)9-14-13(15)5-2/h9-11H,4-8H2,1-3H3. The van der Waals surface area contributed by atoms with Crippen molar-refractivity contribution in [2.24, 2.45) is 11.8 Å². The van der Waals surface area contributed by atoms with E-state index < -0.39 is 0 Å². The molecule has 1 aliphatic heterocycles. The quantitative estimate of drug-likeness (QED) is 0.743. The minimum Gasteiger partial charge on any atom is -0.332 e. The Hall–Kier alpha value is -0.790. The molecule has 2 heteroatoms. The number of nitrogens with zero attached hydrogens (tertiary/aromatic N) is 2. The Balaban J connectivity index is 2.14. The Bertz CT molecular complexity index is 327. The van der Waals surface area contributed by atoms with Gasteiger partial charge in [-0.2, -0.15) is 0 Å². The van der Waals surface area contributed by atoms with E-state index in [9.17, 15) is 0 Å². The van der Waals surface area contributed by atoms with Gasteiger partial charge >= 0.3 is 0 Å². The van der Waals surface area contributed by atoms with E-state index in [1.807, 2.05) is 0 Å². The van der Waals surface area contributed by atoms with Crippen LogP contribution in [0.15, 0.2) is 6.20 Å². The van der Waals surface area contributed by atoms with Crippen LogP contribution in [0.25, 0.3) is 0 Å². The van der Waals surface area contributed by atoms with Crippen molar-refractivity contribution >= 4 is 0 Å². The normalized spacial score (nSPS) is 22.5. The van der Waals surface area contributed by atoms with Crippen LogP contribution in [-0.4, -0.2) is 9.55 Å². The molecule has 0 spiro atoms. The molecule has 0 saturated carbocycles. The fourth-order valence-electron chi connectivity index (χ4n) is 2.66. The van der Waals surface area contributed by atoms with Gasteiger partial charge in [0.05, 0.1) is 0 Å². The van der Waals surface area contributed by atoms with Crippen molar-refractivity contribution in [2.75, 3.05) is 0 Å². The molecule has 1 aromatic rings. The van der Waals surface area contributed by atoms with Crippen LogP contribution in [0.5, 0.6) is 0 Å². The molecule has 2 atom stereocenters. The second-order valence-corrected chi connectivity index (χ2v) is 4.81. The lowest BCUT2D eigenvalue weighted by atomic mass is 9.83. The summed E-state index contributed by atoms with van der Waals surface area (Å²) in [6, 6.07) is 0. The Labute approximate surface area is 92.7 Å². The van der Waals surface area contributed by atoms with E-state index in [2.05, 4.69) is 36.5 Å². The summed E-state index contributed by atoms with van der Waals surface area (Å²) in [7, 11) is 0. The minimum absolute atomic E-state index is 0.860. The second-order valence-electron chi connectivity index (χ2n) is 4.81. The SMILES string of the molecule is CCc1ncc2n1CCC(C(C)CC)C2. The zero-order chi connectivity index (χ0) is 10.8. The monoisotopic (exact) mass is 206 g/mol. The molecule has 0 bridgehead atoms. The molecule has 0 aromatic carbocycles. The zero-order valence-corrected chi connectivity index (χ0v) is 10.2. The van der Waals surface area contributed by atoms with Crippen LogP contribution in [0, 0.1) is 11.8 Å². The van der Waals surface area contributed by atoms with Crippen LogP contribution >= 0.6 is 0 Å². The molecule has 2 heterocycles. The van der Waals surface area contributed by atoms with E-state index in [1.165, 1.54) is 37.3 Å². The molecule has 2 rings (SSSR count). The van der Waals surface area contributed by atoms with Gasteiger partial charge in [-0.05, 0) is 24.7 Å². The van der Waals surface area contributed by atoms with Crippen LogP contribution in [0.1, 0.15) is 45.1 Å². The van der Waals surface area contributed by atoms with E-state index in [-0.39, 0.29) is 0 Å². The molecule has 1 aromatic heterocycles.